The molecular weight excluding hydrogens is 281 g/mol. The minimum atomic E-state index is -1.13. The summed E-state index contributed by atoms with van der Waals surface area (Å²) in [6.45, 7) is 0. The first kappa shape index (κ1) is 12.3. The molecule has 0 radical (unpaired) electrons. The molecule has 0 aliphatic heterocycles. The number of nitrogens with one attached hydrogen (secondary N) is 1. The quantitative estimate of drug-likeness (QED) is 0.472. The lowest BCUT2D eigenvalue weighted by Crippen LogP contribution is -2.32. The van der Waals surface area contributed by atoms with Crippen molar-refractivity contribution in [3.05, 3.63) is 34.1 Å². The van der Waals surface area contributed by atoms with Gasteiger partial charge in [-0.15, -0.1) is 0 Å². The molecular formula is C9H7BrFN3O2. The molecule has 2 amide bonds. The van der Waals surface area contributed by atoms with Crippen molar-refractivity contribution in [2.45, 2.75) is 0 Å². The van der Waals surface area contributed by atoms with Crippen LogP contribution in [0, 0.1) is 5.82 Å². The maximum Gasteiger partial charge on any atom is 0.329 e. The zero-order valence-electron chi connectivity index (χ0n) is 7.91. The molecule has 0 fully saturated rings. The van der Waals surface area contributed by atoms with Crippen LogP contribution < -0.4 is 11.2 Å². The summed E-state index contributed by atoms with van der Waals surface area (Å²) in [5, 5.41) is 3.46. The predicted octanol–water partition coefficient (Wildman–Crippen LogP) is 0.524. The highest BCUT2D eigenvalue weighted by atomic mass is 79.9. The van der Waals surface area contributed by atoms with Gasteiger partial charge >= 0.3 is 11.8 Å². The number of nitrogens with zero attached hydrogens (tertiary/aromatic N) is 1. The van der Waals surface area contributed by atoms with E-state index in [1.54, 1.807) is 0 Å². The molecule has 5 nitrogen and oxygen atoms in total. The monoisotopic (exact) mass is 287 g/mol. The van der Waals surface area contributed by atoms with Crippen molar-refractivity contribution in [3.8, 4) is 0 Å². The van der Waals surface area contributed by atoms with Gasteiger partial charge in [0.25, 0.3) is 0 Å². The van der Waals surface area contributed by atoms with Gasteiger partial charge in [0.15, 0.2) is 0 Å². The lowest BCUT2D eigenvalue weighted by molar-refractivity contribution is -0.137. The molecule has 1 aromatic rings. The van der Waals surface area contributed by atoms with Crippen molar-refractivity contribution in [2.75, 3.05) is 0 Å². The Bertz CT molecular complexity index is 462. The fourth-order valence-electron chi connectivity index (χ4n) is 0.813. The normalized spacial score (nSPS) is 10.4. The Morgan fingerprint density at radius 2 is 2.19 bits per heavy atom. The second-order valence-corrected chi connectivity index (χ2v) is 3.59. The number of carbonyl (C=O) groups excluding carboxylic acids is 2. The summed E-state index contributed by atoms with van der Waals surface area (Å²) in [5.74, 6) is -2.55. The van der Waals surface area contributed by atoms with Gasteiger partial charge in [-0.1, -0.05) is 6.07 Å². The van der Waals surface area contributed by atoms with E-state index in [0.717, 1.165) is 0 Å². The van der Waals surface area contributed by atoms with E-state index in [9.17, 15) is 14.0 Å². The van der Waals surface area contributed by atoms with Crippen molar-refractivity contribution < 1.29 is 14.0 Å². The van der Waals surface area contributed by atoms with Crippen molar-refractivity contribution in [3.63, 3.8) is 0 Å². The summed E-state index contributed by atoms with van der Waals surface area (Å²) in [4.78, 5) is 21.0. The van der Waals surface area contributed by atoms with Gasteiger partial charge in [-0.2, -0.15) is 5.10 Å². The molecule has 1 aromatic carbocycles. The topological polar surface area (TPSA) is 84.5 Å². The Kier molecular flexibility index (Phi) is 4.12. The van der Waals surface area contributed by atoms with Gasteiger partial charge in [-0.25, -0.2) is 9.82 Å². The third-order valence-electron chi connectivity index (χ3n) is 1.55. The molecule has 7 heteroatoms. The van der Waals surface area contributed by atoms with Crippen molar-refractivity contribution in [1.29, 1.82) is 0 Å². The van der Waals surface area contributed by atoms with Gasteiger partial charge in [0, 0.05) is 0 Å². The van der Waals surface area contributed by atoms with Crippen LogP contribution in [0.25, 0.3) is 0 Å². The van der Waals surface area contributed by atoms with Crippen molar-refractivity contribution >= 4 is 34.0 Å². The van der Waals surface area contributed by atoms with Crippen molar-refractivity contribution in [2.24, 2.45) is 10.8 Å². The Balaban J connectivity index is 2.66. The number of halogens is 2. The Hall–Kier alpha value is -1.76. The zero-order chi connectivity index (χ0) is 12.1. The van der Waals surface area contributed by atoms with E-state index in [0.29, 0.717) is 5.56 Å². The number of hydrogen-bond donors (Lipinski definition) is 2. The third-order valence-corrected chi connectivity index (χ3v) is 2.15. The number of amides is 2. The fourth-order valence-corrected chi connectivity index (χ4v) is 1.21. The molecule has 0 aromatic heterocycles. The highest BCUT2D eigenvalue weighted by Crippen LogP contribution is 2.15. The summed E-state index contributed by atoms with van der Waals surface area (Å²) in [6.07, 6.45) is 1.25. The number of rotatable bonds is 2. The van der Waals surface area contributed by atoms with Crippen LogP contribution in [-0.4, -0.2) is 18.0 Å². The van der Waals surface area contributed by atoms with E-state index in [1.165, 1.54) is 24.4 Å². The van der Waals surface area contributed by atoms with E-state index < -0.39 is 17.6 Å². The molecule has 0 spiro atoms. The second-order valence-electron chi connectivity index (χ2n) is 2.74. The molecule has 0 aliphatic carbocycles. The van der Waals surface area contributed by atoms with E-state index in [2.05, 4.69) is 26.8 Å². The number of nitrogens with two attached hydrogens (primary N) is 1. The largest absolute Gasteiger partial charge is 0.361 e. The van der Waals surface area contributed by atoms with Gasteiger partial charge in [0.05, 0.1) is 10.7 Å². The number of carbonyl (C=O) groups is 2. The molecule has 0 atom stereocenters. The molecule has 0 heterocycles. The van der Waals surface area contributed by atoms with Crippen LogP contribution >= 0.6 is 15.9 Å². The summed E-state index contributed by atoms with van der Waals surface area (Å²) in [5.41, 5.74) is 7.14. The Morgan fingerprint density at radius 3 is 2.75 bits per heavy atom. The standard InChI is InChI=1S/C9H7BrFN3O2/c10-6-3-5(1-2-7(6)11)4-13-14-9(16)8(12)15/h1-4H,(H2,12,15)(H,14,16)/b13-4+. The molecule has 0 saturated heterocycles. The summed E-state index contributed by atoms with van der Waals surface area (Å²) < 4.78 is 13.1. The molecule has 1 rings (SSSR count). The summed E-state index contributed by atoms with van der Waals surface area (Å²) in [7, 11) is 0. The van der Waals surface area contributed by atoms with E-state index in [-0.39, 0.29) is 4.47 Å². The maximum atomic E-state index is 12.8. The molecule has 84 valence electrons. The van der Waals surface area contributed by atoms with Crippen LogP contribution in [0.3, 0.4) is 0 Å². The maximum absolute atomic E-state index is 12.8. The zero-order valence-corrected chi connectivity index (χ0v) is 9.49. The molecule has 16 heavy (non-hydrogen) atoms. The lowest BCUT2D eigenvalue weighted by Gasteiger charge is -1.96. The van der Waals surface area contributed by atoms with Crippen LogP contribution in [-0.2, 0) is 9.59 Å². The lowest BCUT2D eigenvalue weighted by atomic mass is 10.2. The average molecular weight is 288 g/mol. The second kappa shape index (κ2) is 5.36. The summed E-state index contributed by atoms with van der Waals surface area (Å²) in [6, 6.07) is 4.16. The smallest absolute Gasteiger partial charge is 0.329 e. The number of primary amides is 1. The highest BCUT2D eigenvalue weighted by molar-refractivity contribution is 9.10. The number of hydrazone groups is 1. The molecule has 0 saturated carbocycles. The Labute approximate surface area is 98.6 Å². The molecule has 0 unspecified atom stereocenters. The Morgan fingerprint density at radius 1 is 1.50 bits per heavy atom. The summed E-state index contributed by atoms with van der Waals surface area (Å²) >= 11 is 2.99. The van der Waals surface area contributed by atoms with Crippen molar-refractivity contribution in [1.82, 2.24) is 5.43 Å². The van der Waals surface area contributed by atoms with Crippen LogP contribution in [0.1, 0.15) is 5.56 Å². The van der Waals surface area contributed by atoms with E-state index in [4.69, 9.17) is 0 Å². The molecule has 0 bridgehead atoms. The minimum Gasteiger partial charge on any atom is -0.361 e. The van der Waals surface area contributed by atoms with Gasteiger partial charge in [-0.05, 0) is 33.6 Å². The van der Waals surface area contributed by atoms with Crippen LogP contribution in [0.4, 0.5) is 4.39 Å². The first-order chi connectivity index (χ1) is 7.50. The number of benzene rings is 1. The first-order valence-electron chi connectivity index (χ1n) is 4.08. The average Bonchev–Trinajstić information content (AvgIpc) is 2.23. The first-order valence-corrected chi connectivity index (χ1v) is 4.88. The van der Waals surface area contributed by atoms with Gasteiger partial charge in [-0.3, -0.25) is 9.59 Å². The predicted molar refractivity (Wildman–Crippen MR) is 59.0 cm³/mol. The van der Waals surface area contributed by atoms with Crippen LogP contribution in [0.2, 0.25) is 0 Å². The van der Waals surface area contributed by atoms with E-state index in [1.807, 2.05) is 5.43 Å². The third kappa shape index (κ3) is 3.43. The highest BCUT2D eigenvalue weighted by Gasteiger charge is 2.05. The number of hydrogen-bond acceptors (Lipinski definition) is 3. The molecule has 0 aliphatic rings. The van der Waals surface area contributed by atoms with Crippen LogP contribution in [0.15, 0.2) is 27.8 Å². The van der Waals surface area contributed by atoms with Gasteiger partial charge in [0.1, 0.15) is 5.82 Å². The van der Waals surface area contributed by atoms with Crippen LogP contribution in [0.5, 0.6) is 0 Å². The van der Waals surface area contributed by atoms with Gasteiger partial charge in [0.2, 0.25) is 0 Å². The SMILES string of the molecule is NC(=O)C(=O)N/N=C/c1ccc(F)c(Br)c1. The molecule has 3 N–H and O–H groups in total. The van der Waals surface area contributed by atoms with E-state index >= 15 is 0 Å². The minimum absolute atomic E-state index is 0.276. The fraction of sp³-hybridized carbons (Fsp3) is 0. The van der Waals surface area contributed by atoms with Gasteiger partial charge < -0.3 is 5.73 Å².